The van der Waals surface area contributed by atoms with Gasteiger partial charge in [0.1, 0.15) is 5.75 Å². The molecular formula is C16H25N3O3. The average Bonchev–Trinajstić information content (AvgIpc) is 2.53. The SMILES string of the molecule is CCCCCNC(=O)Nc1ccc(OCCC(=O)NC)cc1. The van der Waals surface area contributed by atoms with E-state index in [1.807, 2.05) is 0 Å². The highest BCUT2D eigenvalue weighted by molar-refractivity contribution is 5.89. The molecule has 6 nitrogen and oxygen atoms in total. The van der Waals surface area contributed by atoms with Crippen LogP contribution in [0, 0.1) is 0 Å². The summed E-state index contributed by atoms with van der Waals surface area (Å²) in [5.41, 5.74) is 0.701. The minimum absolute atomic E-state index is 0.0574. The maximum absolute atomic E-state index is 11.6. The van der Waals surface area contributed by atoms with E-state index in [0.717, 1.165) is 19.3 Å². The zero-order valence-electron chi connectivity index (χ0n) is 13.3. The molecule has 0 unspecified atom stereocenters. The van der Waals surface area contributed by atoms with Gasteiger partial charge in [-0.2, -0.15) is 0 Å². The van der Waals surface area contributed by atoms with Gasteiger partial charge in [-0.3, -0.25) is 4.79 Å². The van der Waals surface area contributed by atoms with E-state index >= 15 is 0 Å². The Morgan fingerprint density at radius 2 is 1.86 bits per heavy atom. The van der Waals surface area contributed by atoms with Gasteiger partial charge in [0.25, 0.3) is 0 Å². The van der Waals surface area contributed by atoms with Crippen molar-refractivity contribution >= 4 is 17.6 Å². The fourth-order valence-corrected chi connectivity index (χ4v) is 1.77. The smallest absolute Gasteiger partial charge is 0.319 e. The number of nitrogens with one attached hydrogen (secondary N) is 3. The highest BCUT2D eigenvalue weighted by Gasteiger charge is 2.02. The molecular weight excluding hydrogens is 282 g/mol. The lowest BCUT2D eigenvalue weighted by Gasteiger charge is -2.09. The van der Waals surface area contributed by atoms with Gasteiger partial charge in [0, 0.05) is 19.3 Å². The van der Waals surface area contributed by atoms with Crippen LogP contribution in [0.3, 0.4) is 0 Å². The van der Waals surface area contributed by atoms with Gasteiger partial charge < -0.3 is 20.7 Å². The summed E-state index contributed by atoms with van der Waals surface area (Å²) in [5.74, 6) is 0.607. The first kappa shape index (κ1) is 17.8. The molecule has 1 rings (SSSR count). The van der Waals surface area contributed by atoms with Crippen molar-refractivity contribution in [1.82, 2.24) is 10.6 Å². The number of carbonyl (C=O) groups is 2. The summed E-state index contributed by atoms with van der Waals surface area (Å²) in [6.07, 6.45) is 3.55. The molecule has 0 heterocycles. The van der Waals surface area contributed by atoms with Crippen molar-refractivity contribution in [3.05, 3.63) is 24.3 Å². The lowest BCUT2D eigenvalue weighted by molar-refractivity contribution is -0.121. The molecule has 22 heavy (non-hydrogen) atoms. The van der Waals surface area contributed by atoms with Crippen molar-refractivity contribution < 1.29 is 14.3 Å². The number of rotatable bonds is 9. The monoisotopic (exact) mass is 307 g/mol. The normalized spacial score (nSPS) is 9.91. The molecule has 0 aliphatic carbocycles. The maximum atomic E-state index is 11.6. The third-order valence-corrected chi connectivity index (χ3v) is 3.05. The van der Waals surface area contributed by atoms with Crippen molar-refractivity contribution in [2.24, 2.45) is 0 Å². The van der Waals surface area contributed by atoms with Crippen molar-refractivity contribution in [2.75, 3.05) is 25.5 Å². The highest BCUT2D eigenvalue weighted by Crippen LogP contribution is 2.15. The summed E-state index contributed by atoms with van der Waals surface area (Å²) in [7, 11) is 1.59. The van der Waals surface area contributed by atoms with Gasteiger partial charge in [-0.15, -0.1) is 0 Å². The molecule has 0 fully saturated rings. The summed E-state index contributed by atoms with van der Waals surface area (Å²) in [5, 5.41) is 8.10. The summed E-state index contributed by atoms with van der Waals surface area (Å²) < 4.78 is 5.44. The van der Waals surface area contributed by atoms with E-state index in [1.165, 1.54) is 0 Å². The zero-order chi connectivity index (χ0) is 16.2. The Kier molecular flexibility index (Phi) is 8.49. The zero-order valence-corrected chi connectivity index (χ0v) is 13.3. The fraction of sp³-hybridized carbons (Fsp3) is 0.500. The standard InChI is InChI=1S/C16H25N3O3/c1-3-4-5-11-18-16(21)19-13-6-8-14(9-7-13)22-12-10-15(20)17-2/h6-9H,3-5,10-12H2,1-2H3,(H,17,20)(H2,18,19,21). The molecule has 0 spiro atoms. The minimum Gasteiger partial charge on any atom is -0.493 e. The number of unbranched alkanes of at least 4 members (excludes halogenated alkanes) is 2. The Hall–Kier alpha value is -2.24. The first-order chi connectivity index (χ1) is 10.7. The van der Waals surface area contributed by atoms with E-state index < -0.39 is 0 Å². The van der Waals surface area contributed by atoms with Gasteiger partial charge in [0.05, 0.1) is 13.0 Å². The second kappa shape index (κ2) is 10.5. The quantitative estimate of drug-likeness (QED) is 0.613. The molecule has 0 aliphatic heterocycles. The van der Waals surface area contributed by atoms with E-state index in [4.69, 9.17) is 4.74 Å². The number of urea groups is 1. The molecule has 1 aromatic carbocycles. The Bertz CT molecular complexity index is 460. The predicted octanol–water partition coefficient (Wildman–Crippen LogP) is 2.51. The molecule has 0 bridgehead atoms. The van der Waals surface area contributed by atoms with Crippen LogP contribution in [-0.2, 0) is 4.79 Å². The van der Waals surface area contributed by atoms with E-state index in [1.54, 1.807) is 31.3 Å². The Labute approximate surface area is 131 Å². The second-order valence-electron chi connectivity index (χ2n) is 4.88. The van der Waals surface area contributed by atoms with E-state index in [9.17, 15) is 9.59 Å². The number of anilines is 1. The topological polar surface area (TPSA) is 79.5 Å². The van der Waals surface area contributed by atoms with Crippen LogP contribution in [0.15, 0.2) is 24.3 Å². The second-order valence-corrected chi connectivity index (χ2v) is 4.88. The van der Waals surface area contributed by atoms with Gasteiger partial charge in [-0.1, -0.05) is 19.8 Å². The Morgan fingerprint density at radius 1 is 1.14 bits per heavy atom. The first-order valence-corrected chi connectivity index (χ1v) is 7.64. The minimum atomic E-state index is -0.204. The predicted molar refractivity (Wildman–Crippen MR) is 87.2 cm³/mol. The van der Waals surface area contributed by atoms with Crippen LogP contribution in [-0.4, -0.2) is 32.1 Å². The van der Waals surface area contributed by atoms with Crippen molar-refractivity contribution in [3.8, 4) is 5.75 Å². The molecule has 6 heteroatoms. The molecule has 1 aromatic rings. The number of carbonyl (C=O) groups excluding carboxylic acids is 2. The summed E-state index contributed by atoms with van der Waals surface area (Å²) in [4.78, 5) is 22.7. The number of benzene rings is 1. The van der Waals surface area contributed by atoms with Gasteiger partial charge in [-0.05, 0) is 30.7 Å². The van der Waals surface area contributed by atoms with E-state index in [-0.39, 0.29) is 11.9 Å². The van der Waals surface area contributed by atoms with Crippen molar-refractivity contribution in [3.63, 3.8) is 0 Å². The van der Waals surface area contributed by atoms with Crippen LogP contribution < -0.4 is 20.7 Å². The molecule has 3 N–H and O–H groups in total. The van der Waals surface area contributed by atoms with E-state index in [2.05, 4.69) is 22.9 Å². The summed E-state index contributed by atoms with van der Waals surface area (Å²) in [6.45, 7) is 3.13. The third kappa shape index (κ3) is 7.52. The van der Waals surface area contributed by atoms with Crippen molar-refractivity contribution in [2.45, 2.75) is 32.6 Å². The van der Waals surface area contributed by atoms with Crippen molar-refractivity contribution in [1.29, 1.82) is 0 Å². The molecule has 0 aliphatic rings. The first-order valence-electron chi connectivity index (χ1n) is 7.64. The van der Waals surface area contributed by atoms with Crippen LogP contribution in [0.5, 0.6) is 5.75 Å². The molecule has 0 saturated carbocycles. The molecule has 0 radical (unpaired) electrons. The van der Waals surface area contributed by atoms with Crippen LogP contribution in [0.4, 0.5) is 10.5 Å². The van der Waals surface area contributed by atoms with Crippen LogP contribution in [0.25, 0.3) is 0 Å². The molecule has 0 saturated heterocycles. The Morgan fingerprint density at radius 3 is 2.50 bits per heavy atom. The fourth-order valence-electron chi connectivity index (χ4n) is 1.77. The number of hydrogen-bond acceptors (Lipinski definition) is 3. The highest BCUT2D eigenvalue weighted by atomic mass is 16.5. The van der Waals surface area contributed by atoms with Crippen LogP contribution in [0.1, 0.15) is 32.6 Å². The lowest BCUT2D eigenvalue weighted by atomic mass is 10.2. The van der Waals surface area contributed by atoms with Crippen LogP contribution in [0.2, 0.25) is 0 Å². The van der Waals surface area contributed by atoms with E-state index in [0.29, 0.717) is 31.0 Å². The number of hydrogen-bond donors (Lipinski definition) is 3. The average molecular weight is 307 g/mol. The van der Waals surface area contributed by atoms with Gasteiger partial charge >= 0.3 is 6.03 Å². The van der Waals surface area contributed by atoms with Gasteiger partial charge in [0.15, 0.2) is 0 Å². The van der Waals surface area contributed by atoms with Gasteiger partial charge in [0.2, 0.25) is 5.91 Å². The number of ether oxygens (including phenoxy) is 1. The molecule has 3 amide bonds. The molecule has 0 aromatic heterocycles. The molecule has 122 valence electrons. The van der Waals surface area contributed by atoms with Gasteiger partial charge in [-0.25, -0.2) is 4.79 Å². The summed E-state index contributed by atoms with van der Waals surface area (Å²) >= 11 is 0. The largest absolute Gasteiger partial charge is 0.493 e. The maximum Gasteiger partial charge on any atom is 0.319 e. The van der Waals surface area contributed by atoms with Crippen LogP contribution >= 0.6 is 0 Å². The number of amides is 3. The molecule has 0 atom stereocenters. The lowest BCUT2D eigenvalue weighted by Crippen LogP contribution is -2.29. The Balaban J connectivity index is 2.29. The summed E-state index contributed by atoms with van der Waals surface area (Å²) in [6, 6.07) is 6.85. The third-order valence-electron chi connectivity index (χ3n) is 3.05.